The van der Waals surface area contributed by atoms with Gasteiger partial charge in [0.2, 0.25) is 0 Å². The fourth-order valence-electron chi connectivity index (χ4n) is 2.89. The van der Waals surface area contributed by atoms with Crippen LogP contribution in [0.4, 0.5) is 16.2 Å². The van der Waals surface area contributed by atoms with Crippen molar-refractivity contribution >= 4 is 52.2 Å². The van der Waals surface area contributed by atoms with Gasteiger partial charge in [-0.15, -0.1) is 11.3 Å². The molecule has 0 aliphatic rings. The Morgan fingerprint density at radius 1 is 0.970 bits per heavy atom. The minimum atomic E-state index is -0.751. The molecule has 3 aromatic rings. The second-order valence-electron chi connectivity index (χ2n) is 7.42. The summed E-state index contributed by atoms with van der Waals surface area (Å²) >= 11 is 7.02. The number of nitrogens with one attached hydrogen (secondary N) is 3. The highest BCUT2D eigenvalue weighted by molar-refractivity contribution is 7.12. The number of esters is 1. The molecule has 0 aliphatic heterocycles. The predicted molar refractivity (Wildman–Crippen MR) is 130 cm³/mol. The summed E-state index contributed by atoms with van der Waals surface area (Å²) in [6.07, 6.45) is 0. The van der Waals surface area contributed by atoms with Crippen molar-refractivity contribution in [3.8, 4) is 11.3 Å². The van der Waals surface area contributed by atoms with Crippen LogP contribution in [-0.4, -0.2) is 36.0 Å². The van der Waals surface area contributed by atoms with Gasteiger partial charge in [-0.1, -0.05) is 37.6 Å². The van der Waals surface area contributed by atoms with Crippen molar-refractivity contribution in [2.75, 3.05) is 17.7 Å². The Morgan fingerprint density at radius 2 is 1.55 bits per heavy atom. The third-order valence-electron chi connectivity index (χ3n) is 4.65. The summed E-state index contributed by atoms with van der Waals surface area (Å²) in [4.78, 5) is 41.0. The van der Waals surface area contributed by atoms with Gasteiger partial charge < -0.3 is 20.7 Å². The Balaban J connectivity index is 1.62. The molecule has 3 amide bonds. The quantitative estimate of drug-likeness (QED) is 0.405. The molecule has 0 spiro atoms. The van der Waals surface area contributed by atoms with E-state index >= 15 is 0 Å². The lowest BCUT2D eigenvalue weighted by atomic mass is 10.0. The molecule has 8 nitrogen and oxygen atoms in total. The first-order valence-electron chi connectivity index (χ1n) is 10.0. The van der Waals surface area contributed by atoms with E-state index < -0.39 is 17.9 Å². The van der Waals surface area contributed by atoms with E-state index in [1.807, 2.05) is 13.8 Å². The average Bonchev–Trinajstić information content (AvgIpc) is 3.29. The number of rotatable bonds is 7. The largest absolute Gasteiger partial charge is 0.467 e. The van der Waals surface area contributed by atoms with E-state index in [-0.39, 0.29) is 17.0 Å². The van der Waals surface area contributed by atoms with Crippen LogP contribution in [-0.2, 0) is 9.53 Å². The fraction of sp³-hybridized carbons (Fsp3) is 0.217. The molecule has 1 heterocycles. The third-order valence-corrected chi connectivity index (χ3v) is 5.74. The lowest BCUT2D eigenvalue weighted by molar-refractivity contribution is -0.144. The zero-order valence-corrected chi connectivity index (χ0v) is 19.8. The van der Waals surface area contributed by atoms with Crippen LogP contribution in [0, 0.1) is 5.92 Å². The standard InChI is InChI=1S/C23H23ClN4O4S/c1-13(2)19(22(30)32-3)28-20(29)21-27-18(12-33-21)14-4-8-16(9-5-14)25-23(31)26-17-10-6-15(24)7-11-17/h4-13,19H,1-3H3,(H,28,29)(H2,25,26,31). The number of halogens is 1. The van der Waals surface area contributed by atoms with E-state index in [9.17, 15) is 14.4 Å². The summed E-state index contributed by atoms with van der Waals surface area (Å²) < 4.78 is 4.75. The molecule has 3 rings (SSSR count). The Bertz CT molecular complexity index is 1130. The zero-order chi connectivity index (χ0) is 24.0. The second-order valence-corrected chi connectivity index (χ2v) is 8.71. The van der Waals surface area contributed by atoms with Gasteiger partial charge in [0.05, 0.1) is 12.8 Å². The second kappa shape index (κ2) is 10.9. The number of methoxy groups -OCH3 is 1. The van der Waals surface area contributed by atoms with E-state index in [2.05, 4.69) is 20.9 Å². The van der Waals surface area contributed by atoms with Crippen LogP contribution in [0.1, 0.15) is 23.6 Å². The molecule has 10 heteroatoms. The van der Waals surface area contributed by atoms with Gasteiger partial charge in [0.15, 0.2) is 5.01 Å². The monoisotopic (exact) mass is 486 g/mol. The molecule has 172 valence electrons. The number of thiazole rings is 1. The number of benzene rings is 2. The van der Waals surface area contributed by atoms with Crippen molar-refractivity contribution in [2.45, 2.75) is 19.9 Å². The smallest absolute Gasteiger partial charge is 0.328 e. The highest BCUT2D eigenvalue weighted by atomic mass is 35.5. The molecule has 3 N–H and O–H groups in total. The third kappa shape index (κ3) is 6.53. The normalized spacial score (nSPS) is 11.5. The van der Waals surface area contributed by atoms with Crippen molar-refractivity contribution in [3.05, 3.63) is 63.9 Å². The van der Waals surface area contributed by atoms with Gasteiger partial charge in [0, 0.05) is 27.3 Å². The summed E-state index contributed by atoms with van der Waals surface area (Å²) in [5.74, 6) is -1.07. The number of ether oxygens (including phenoxy) is 1. The van der Waals surface area contributed by atoms with Gasteiger partial charge in [-0.05, 0) is 42.3 Å². The maximum atomic E-state index is 12.5. The highest BCUT2D eigenvalue weighted by Crippen LogP contribution is 2.24. The summed E-state index contributed by atoms with van der Waals surface area (Å²) in [5, 5.41) is 10.7. The van der Waals surface area contributed by atoms with Crippen LogP contribution >= 0.6 is 22.9 Å². The van der Waals surface area contributed by atoms with Crippen LogP contribution in [0.3, 0.4) is 0 Å². The topological polar surface area (TPSA) is 109 Å². The first-order valence-corrected chi connectivity index (χ1v) is 11.3. The molecular formula is C23H23ClN4O4S. The van der Waals surface area contributed by atoms with Crippen molar-refractivity contribution < 1.29 is 19.1 Å². The predicted octanol–water partition coefficient (Wildman–Crippen LogP) is 5.03. The van der Waals surface area contributed by atoms with Gasteiger partial charge in [-0.3, -0.25) is 4.79 Å². The van der Waals surface area contributed by atoms with Crippen LogP contribution in [0.2, 0.25) is 5.02 Å². The maximum Gasteiger partial charge on any atom is 0.328 e. The highest BCUT2D eigenvalue weighted by Gasteiger charge is 2.26. The first kappa shape index (κ1) is 24.2. The number of nitrogens with zero attached hydrogens (tertiary/aromatic N) is 1. The summed E-state index contributed by atoms with van der Waals surface area (Å²) in [5.41, 5.74) is 2.61. The minimum Gasteiger partial charge on any atom is -0.467 e. The van der Waals surface area contributed by atoms with Crippen molar-refractivity contribution in [1.29, 1.82) is 0 Å². The molecule has 1 unspecified atom stereocenters. The molecule has 33 heavy (non-hydrogen) atoms. The minimum absolute atomic E-state index is 0.127. The van der Waals surface area contributed by atoms with Gasteiger partial charge in [-0.2, -0.15) is 0 Å². The van der Waals surface area contributed by atoms with Crippen molar-refractivity contribution in [2.24, 2.45) is 5.92 Å². The number of carbonyl (C=O) groups excluding carboxylic acids is 3. The first-order chi connectivity index (χ1) is 15.8. The lowest BCUT2D eigenvalue weighted by Gasteiger charge is -2.18. The SMILES string of the molecule is COC(=O)C(NC(=O)c1nc(-c2ccc(NC(=O)Nc3ccc(Cl)cc3)cc2)cs1)C(C)C. The van der Waals surface area contributed by atoms with Gasteiger partial charge in [-0.25, -0.2) is 14.6 Å². The van der Waals surface area contributed by atoms with E-state index in [1.165, 1.54) is 18.4 Å². The van der Waals surface area contributed by atoms with E-state index in [4.69, 9.17) is 16.3 Å². The molecule has 0 fully saturated rings. The Hall–Kier alpha value is -3.43. The van der Waals surface area contributed by atoms with Crippen LogP contribution in [0.15, 0.2) is 53.9 Å². The van der Waals surface area contributed by atoms with E-state index in [0.717, 1.165) is 5.56 Å². The summed E-state index contributed by atoms with van der Waals surface area (Å²) in [6, 6.07) is 12.7. The molecular weight excluding hydrogens is 464 g/mol. The molecule has 0 radical (unpaired) electrons. The Morgan fingerprint density at radius 3 is 2.09 bits per heavy atom. The summed E-state index contributed by atoms with van der Waals surface area (Å²) in [7, 11) is 1.28. The Kier molecular flexibility index (Phi) is 8.02. The molecule has 0 aliphatic carbocycles. The number of anilines is 2. The number of hydrogen-bond acceptors (Lipinski definition) is 6. The number of urea groups is 1. The molecule has 1 atom stereocenters. The van der Waals surface area contributed by atoms with Crippen molar-refractivity contribution in [1.82, 2.24) is 10.3 Å². The molecule has 0 saturated heterocycles. The molecule has 2 aromatic carbocycles. The van der Waals surface area contributed by atoms with Gasteiger partial charge >= 0.3 is 12.0 Å². The van der Waals surface area contributed by atoms with E-state index in [1.54, 1.807) is 53.9 Å². The van der Waals surface area contributed by atoms with E-state index in [0.29, 0.717) is 22.1 Å². The van der Waals surface area contributed by atoms with Crippen LogP contribution < -0.4 is 16.0 Å². The number of carbonyl (C=O) groups is 3. The zero-order valence-electron chi connectivity index (χ0n) is 18.2. The molecule has 0 bridgehead atoms. The maximum absolute atomic E-state index is 12.5. The number of amides is 3. The van der Waals surface area contributed by atoms with Crippen LogP contribution in [0.5, 0.6) is 0 Å². The van der Waals surface area contributed by atoms with Crippen molar-refractivity contribution in [3.63, 3.8) is 0 Å². The number of hydrogen-bond donors (Lipinski definition) is 3. The molecule has 1 aromatic heterocycles. The Labute approximate surface area is 200 Å². The van der Waals surface area contributed by atoms with Gasteiger partial charge in [0.25, 0.3) is 5.91 Å². The average molecular weight is 487 g/mol. The summed E-state index contributed by atoms with van der Waals surface area (Å²) in [6.45, 7) is 3.64. The molecule has 0 saturated carbocycles. The van der Waals surface area contributed by atoms with Crippen LogP contribution in [0.25, 0.3) is 11.3 Å². The lowest BCUT2D eigenvalue weighted by Crippen LogP contribution is -2.45. The number of aromatic nitrogens is 1. The van der Waals surface area contributed by atoms with Gasteiger partial charge in [0.1, 0.15) is 6.04 Å². The fourth-order valence-corrected chi connectivity index (χ4v) is 3.74.